The Balaban J connectivity index is 1.58. The van der Waals surface area contributed by atoms with Crippen LogP contribution in [0.2, 0.25) is 0 Å². The molecule has 2 aromatic carbocycles. The van der Waals surface area contributed by atoms with Crippen LogP contribution in [0, 0.1) is 29.6 Å². The van der Waals surface area contributed by atoms with E-state index in [1.807, 2.05) is 0 Å². The molecule has 178 valence electrons. The maximum Gasteiger partial charge on any atom is 0.335 e. The average molecular weight is 459 g/mol. The average Bonchev–Trinajstić information content (AvgIpc) is 2.81. The van der Waals surface area contributed by atoms with Gasteiger partial charge in [0.2, 0.25) is 0 Å². The normalized spacial score (nSPS) is 26.7. The zero-order chi connectivity index (χ0) is 23.7. The lowest BCUT2D eigenvalue weighted by atomic mass is 9.47. The minimum atomic E-state index is -0.920. The van der Waals surface area contributed by atoms with Gasteiger partial charge >= 0.3 is 5.97 Å². The Hall–Kier alpha value is -2.77. The molecule has 0 atom stereocenters. The molecule has 1 N–H and O–H groups in total. The summed E-state index contributed by atoms with van der Waals surface area (Å²) in [5.74, 6) is 9.31. The fourth-order valence-corrected chi connectivity index (χ4v) is 7.33. The Morgan fingerprint density at radius 1 is 1.00 bits per heavy atom. The van der Waals surface area contributed by atoms with Gasteiger partial charge in [0, 0.05) is 29.2 Å². The minimum Gasteiger partial charge on any atom is -0.478 e. The van der Waals surface area contributed by atoms with E-state index >= 15 is 0 Å². The molecule has 0 aromatic heterocycles. The summed E-state index contributed by atoms with van der Waals surface area (Å²) in [6.45, 7) is 2.49. The van der Waals surface area contributed by atoms with Crippen LogP contribution >= 0.6 is 0 Å². The Kier molecular flexibility index (Phi) is 6.40. The van der Waals surface area contributed by atoms with Crippen molar-refractivity contribution in [1.29, 1.82) is 0 Å². The summed E-state index contributed by atoms with van der Waals surface area (Å²) in [5.41, 5.74) is 5.11. The third-order valence-electron chi connectivity index (χ3n) is 8.15. The van der Waals surface area contributed by atoms with Crippen LogP contribution < -0.4 is 4.74 Å². The lowest BCUT2D eigenvalue weighted by molar-refractivity contribution is -0.00928. The molecule has 4 aliphatic carbocycles. The Morgan fingerprint density at radius 3 is 2.21 bits per heavy atom. The van der Waals surface area contributed by atoms with Gasteiger partial charge in [-0.3, -0.25) is 0 Å². The fourth-order valence-electron chi connectivity index (χ4n) is 7.33. The molecule has 0 aliphatic heterocycles. The first-order valence-corrected chi connectivity index (χ1v) is 12.6. The molecule has 0 heterocycles. The van der Waals surface area contributed by atoms with Crippen molar-refractivity contribution in [3.05, 3.63) is 64.2 Å². The standard InChI is InChI=1S/C30H34O4/c1-3-4-26-24(8-5-20-6-9-25(10-7-20)29(31)32)11-12-27(34-19-33-2)28(26)30-16-21-13-22(17-30)15-23(14-21)18-30/h6-7,9-12,21-23H,3-4,13-19H2,1-2H3,(H,31,32). The van der Waals surface area contributed by atoms with Crippen LogP contribution in [-0.2, 0) is 16.6 Å². The molecule has 4 nitrogen and oxygen atoms in total. The van der Waals surface area contributed by atoms with Crippen molar-refractivity contribution in [3.8, 4) is 17.6 Å². The number of hydrogen-bond donors (Lipinski definition) is 1. The smallest absolute Gasteiger partial charge is 0.335 e. The minimum absolute atomic E-state index is 0.198. The molecule has 4 saturated carbocycles. The van der Waals surface area contributed by atoms with Crippen molar-refractivity contribution >= 4 is 5.97 Å². The zero-order valence-corrected chi connectivity index (χ0v) is 20.2. The van der Waals surface area contributed by atoms with Crippen LogP contribution in [0.25, 0.3) is 0 Å². The first-order valence-electron chi connectivity index (χ1n) is 12.6. The van der Waals surface area contributed by atoms with Crippen molar-refractivity contribution in [2.75, 3.05) is 13.9 Å². The fraction of sp³-hybridized carbons (Fsp3) is 0.500. The summed E-state index contributed by atoms with van der Waals surface area (Å²) in [6.07, 6.45) is 10.1. The van der Waals surface area contributed by atoms with Crippen LogP contribution in [0.3, 0.4) is 0 Å². The molecule has 4 heteroatoms. The number of rotatable bonds is 7. The third-order valence-corrected chi connectivity index (χ3v) is 8.15. The monoisotopic (exact) mass is 458 g/mol. The lowest BCUT2D eigenvalue weighted by Crippen LogP contribution is -2.49. The van der Waals surface area contributed by atoms with E-state index in [0.717, 1.165) is 47.5 Å². The van der Waals surface area contributed by atoms with Gasteiger partial charge in [-0.15, -0.1) is 0 Å². The lowest BCUT2D eigenvalue weighted by Gasteiger charge is -2.57. The molecule has 2 aromatic rings. The van der Waals surface area contributed by atoms with Gasteiger partial charge in [-0.2, -0.15) is 0 Å². The number of carboxylic acid groups (broad SMARTS) is 1. The number of hydrogen-bond acceptors (Lipinski definition) is 3. The van der Waals surface area contributed by atoms with Crippen molar-refractivity contribution in [2.45, 2.75) is 63.7 Å². The van der Waals surface area contributed by atoms with Gasteiger partial charge in [-0.05, 0) is 105 Å². The highest BCUT2D eigenvalue weighted by atomic mass is 16.7. The molecular weight excluding hydrogens is 424 g/mol. The molecule has 4 aliphatic rings. The van der Waals surface area contributed by atoms with Gasteiger partial charge in [0.05, 0.1) is 5.56 Å². The van der Waals surface area contributed by atoms with E-state index in [-0.39, 0.29) is 17.8 Å². The summed E-state index contributed by atoms with van der Waals surface area (Å²) >= 11 is 0. The topological polar surface area (TPSA) is 55.8 Å². The second-order valence-corrected chi connectivity index (χ2v) is 10.6. The largest absolute Gasteiger partial charge is 0.478 e. The van der Waals surface area contributed by atoms with E-state index in [2.05, 4.69) is 30.9 Å². The quantitative estimate of drug-likeness (QED) is 0.397. The molecular formula is C30H34O4. The molecule has 0 saturated heterocycles. The Bertz CT molecular complexity index is 1080. The van der Waals surface area contributed by atoms with E-state index in [1.54, 1.807) is 31.4 Å². The van der Waals surface area contributed by atoms with Crippen molar-refractivity contribution < 1.29 is 19.4 Å². The Morgan fingerprint density at radius 2 is 1.65 bits per heavy atom. The zero-order valence-electron chi connectivity index (χ0n) is 20.2. The van der Waals surface area contributed by atoms with E-state index in [0.29, 0.717) is 0 Å². The van der Waals surface area contributed by atoms with Crippen LogP contribution in [0.1, 0.15) is 84.5 Å². The Labute approximate surface area is 202 Å². The van der Waals surface area contributed by atoms with E-state index in [9.17, 15) is 4.79 Å². The highest BCUT2D eigenvalue weighted by molar-refractivity contribution is 5.87. The second kappa shape index (κ2) is 9.47. The van der Waals surface area contributed by atoms with Gasteiger partial charge in [-0.1, -0.05) is 25.2 Å². The molecule has 4 fully saturated rings. The number of methoxy groups -OCH3 is 1. The maximum absolute atomic E-state index is 11.2. The molecule has 34 heavy (non-hydrogen) atoms. The number of aromatic carboxylic acids is 1. The molecule has 4 bridgehead atoms. The number of carbonyl (C=O) groups is 1. The van der Waals surface area contributed by atoms with Crippen molar-refractivity contribution in [1.82, 2.24) is 0 Å². The number of ether oxygens (including phenoxy) is 2. The highest BCUT2D eigenvalue weighted by Gasteiger charge is 2.53. The van der Waals surface area contributed by atoms with Crippen LogP contribution in [0.5, 0.6) is 5.75 Å². The molecule has 0 amide bonds. The summed E-state index contributed by atoms with van der Waals surface area (Å²) in [7, 11) is 1.67. The van der Waals surface area contributed by atoms with Crippen molar-refractivity contribution in [3.63, 3.8) is 0 Å². The summed E-state index contributed by atoms with van der Waals surface area (Å²) in [4.78, 5) is 11.2. The van der Waals surface area contributed by atoms with Gasteiger partial charge < -0.3 is 14.6 Å². The van der Waals surface area contributed by atoms with Gasteiger partial charge in [0.25, 0.3) is 0 Å². The van der Waals surface area contributed by atoms with Gasteiger partial charge in [0.15, 0.2) is 6.79 Å². The van der Waals surface area contributed by atoms with Gasteiger partial charge in [-0.25, -0.2) is 4.79 Å². The summed E-state index contributed by atoms with van der Waals surface area (Å²) in [6, 6.07) is 11.0. The molecule has 0 unspecified atom stereocenters. The summed E-state index contributed by atoms with van der Waals surface area (Å²) in [5, 5.41) is 9.16. The van der Waals surface area contributed by atoms with Crippen LogP contribution in [-0.4, -0.2) is 25.0 Å². The van der Waals surface area contributed by atoms with Crippen molar-refractivity contribution in [2.24, 2.45) is 17.8 Å². The predicted molar refractivity (Wildman–Crippen MR) is 132 cm³/mol. The van der Waals surface area contributed by atoms with Gasteiger partial charge in [0.1, 0.15) is 5.75 Å². The first kappa shape index (κ1) is 23.0. The van der Waals surface area contributed by atoms with Crippen LogP contribution in [0.4, 0.5) is 0 Å². The predicted octanol–water partition coefficient (Wildman–Crippen LogP) is 6.19. The van der Waals surface area contributed by atoms with E-state index in [1.165, 1.54) is 49.7 Å². The number of carboxylic acids is 1. The second-order valence-electron chi connectivity index (χ2n) is 10.6. The third kappa shape index (κ3) is 4.34. The molecule has 0 radical (unpaired) electrons. The van der Waals surface area contributed by atoms with Crippen LogP contribution in [0.15, 0.2) is 36.4 Å². The number of benzene rings is 2. The maximum atomic E-state index is 11.2. The SMILES string of the molecule is CCCc1c(C#Cc2ccc(C(=O)O)cc2)ccc(OCOC)c1C12CC3CC(CC(C3)C1)C2. The molecule has 0 spiro atoms. The first-order chi connectivity index (χ1) is 16.5. The molecule has 6 rings (SSSR count). The summed E-state index contributed by atoms with van der Waals surface area (Å²) < 4.78 is 11.5. The van der Waals surface area contributed by atoms with E-state index in [4.69, 9.17) is 14.6 Å². The highest BCUT2D eigenvalue weighted by Crippen LogP contribution is 2.62. The van der Waals surface area contributed by atoms with E-state index < -0.39 is 5.97 Å².